The second-order valence-electron chi connectivity index (χ2n) is 6.24. The molecule has 140 valence electrons. The molecular weight excluding hydrogens is 374 g/mol. The maximum atomic E-state index is 12.3. The maximum absolute atomic E-state index is 12.3. The fourth-order valence-electron chi connectivity index (χ4n) is 2.92. The zero-order valence-corrected chi connectivity index (χ0v) is 16.0. The first kappa shape index (κ1) is 18.1. The summed E-state index contributed by atoms with van der Waals surface area (Å²) in [6.07, 6.45) is 0.925. The predicted octanol–water partition coefficient (Wildman–Crippen LogP) is 4.13. The van der Waals surface area contributed by atoms with Crippen LogP contribution >= 0.6 is 11.8 Å². The molecule has 1 aliphatic heterocycles. The van der Waals surface area contributed by atoms with Crippen LogP contribution in [0.25, 0.3) is 10.9 Å². The van der Waals surface area contributed by atoms with E-state index in [4.69, 9.17) is 9.47 Å². The summed E-state index contributed by atoms with van der Waals surface area (Å²) in [5.74, 6) is 1.24. The Morgan fingerprint density at radius 1 is 1.21 bits per heavy atom. The lowest BCUT2D eigenvalue weighted by molar-refractivity contribution is -0.113. The van der Waals surface area contributed by atoms with Crippen molar-refractivity contribution in [2.45, 2.75) is 18.4 Å². The standard InChI is InChI=1S/C21H17N3O3S/c1-2-13-3-5-17-14(7-13)8-15(10-22)21(24-17)28-11-20(25)23-16-4-6-18-19(9-16)27-12-26-18/h3-9H,2,11-12H2,1H3,(H,23,25). The van der Waals surface area contributed by atoms with E-state index in [1.807, 2.05) is 24.3 Å². The predicted molar refractivity (Wildman–Crippen MR) is 108 cm³/mol. The Morgan fingerprint density at radius 2 is 2.07 bits per heavy atom. The van der Waals surface area contributed by atoms with E-state index < -0.39 is 0 Å². The number of nitriles is 1. The summed E-state index contributed by atoms with van der Waals surface area (Å²) in [7, 11) is 0. The smallest absolute Gasteiger partial charge is 0.234 e. The Labute approximate surface area is 166 Å². The molecule has 2 heterocycles. The maximum Gasteiger partial charge on any atom is 0.234 e. The van der Waals surface area contributed by atoms with Crippen molar-refractivity contribution < 1.29 is 14.3 Å². The Kier molecular flexibility index (Phi) is 5.04. The molecule has 1 aliphatic rings. The Bertz CT molecular complexity index is 1110. The van der Waals surface area contributed by atoms with E-state index >= 15 is 0 Å². The number of nitrogens with one attached hydrogen (secondary N) is 1. The lowest BCUT2D eigenvalue weighted by Crippen LogP contribution is -2.14. The number of aryl methyl sites for hydroxylation is 1. The normalized spacial score (nSPS) is 12.0. The molecular formula is C21H17N3O3S. The summed E-state index contributed by atoms with van der Waals surface area (Å²) in [6.45, 7) is 2.27. The van der Waals surface area contributed by atoms with Crippen LogP contribution in [-0.4, -0.2) is 23.4 Å². The number of benzene rings is 2. The van der Waals surface area contributed by atoms with Gasteiger partial charge in [0.1, 0.15) is 11.1 Å². The van der Waals surface area contributed by atoms with E-state index in [2.05, 4.69) is 23.3 Å². The van der Waals surface area contributed by atoms with Gasteiger partial charge in [-0.2, -0.15) is 5.26 Å². The van der Waals surface area contributed by atoms with Gasteiger partial charge < -0.3 is 14.8 Å². The molecule has 0 saturated heterocycles. The minimum atomic E-state index is -0.184. The first-order valence-electron chi connectivity index (χ1n) is 8.82. The molecule has 0 aliphatic carbocycles. The molecule has 4 rings (SSSR count). The fourth-order valence-corrected chi connectivity index (χ4v) is 3.69. The third-order valence-corrected chi connectivity index (χ3v) is 5.36. The highest BCUT2D eigenvalue weighted by atomic mass is 32.2. The molecule has 0 spiro atoms. The van der Waals surface area contributed by atoms with Crippen molar-refractivity contribution in [3.8, 4) is 17.6 Å². The summed E-state index contributed by atoms with van der Waals surface area (Å²) in [5, 5.41) is 13.8. The third kappa shape index (κ3) is 3.73. The molecule has 0 atom stereocenters. The van der Waals surface area contributed by atoms with Crippen LogP contribution in [0.1, 0.15) is 18.1 Å². The van der Waals surface area contributed by atoms with Crippen molar-refractivity contribution in [3.63, 3.8) is 0 Å². The SMILES string of the molecule is CCc1ccc2nc(SCC(=O)Nc3ccc4c(c3)OCO4)c(C#N)cc2c1. The number of anilines is 1. The van der Waals surface area contributed by atoms with Gasteiger partial charge in [0.15, 0.2) is 11.5 Å². The number of amides is 1. The van der Waals surface area contributed by atoms with Gasteiger partial charge >= 0.3 is 0 Å². The van der Waals surface area contributed by atoms with Crippen LogP contribution in [0.3, 0.4) is 0 Å². The van der Waals surface area contributed by atoms with Crippen molar-refractivity contribution in [2.75, 3.05) is 17.9 Å². The molecule has 0 saturated carbocycles. The van der Waals surface area contributed by atoms with Crippen molar-refractivity contribution in [1.82, 2.24) is 4.98 Å². The Balaban J connectivity index is 1.47. The highest BCUT2D eigenvalue weighted by Crippen LogP contribution is 2.34. The van der Waals surface area contributed by atoms with Crippen molar-refractivity contribution in [2.24, 2.45) is 0 Å². The molecule has 0 unspecified atom stereocenters. The number of thioether (sulfide) groups is 1. The van der Waals surface area contributed by atoms with Crippen LogP contribution in [0.15, 0.2) is 47.5 Å². The first-order valence-corrected chi connectivity index (χ1v) is 9.81. The summed E-state index contributed by atoms with van der Waals surface area (Å²) in [6, 6.07) is 15.3. The number of pyridine rings is 1. The fraction of sp³-hybridized carbons (Fsp3) is 0.190. The van der Waals surface area contributed by atoms with Crippen LogP contribution in [0.2, 0.25) is 0 Å². The second-order valence-corrected chi connectivity index (χ2v) is 7.20. The van der Waals surface area contributed by atoms with E-state index in [0.717, 1.165) is 17.3 Å². The monoisotopic (exact) mass is 391 g/mol. The number of fused-ring (bicyclic) bond motifs is 2. The van der Waals surface area contributed by atoms with Gasteiger partial charge in [-0.15, -0.1) is 0 Å². The number of rotatable bonds is 5. The lowest BCUT2D eigenvalue weighted by Gasteiger charge is -2.08. The van der Waals surface area contributed by atoms with Crippen molar-refractivity contribution >= 4 is 34.3 Å². The first-order chi connectivity index (χ1) is 13.7. The van der Waals surface area contributed by atoms with Crippen LogP contribution in [0.5, 0.6) is 11.5 Å². The zero-order valence-electron chi connectivity index (χ0n) is 15.2. The van der Waals surface area contributed by atoms with E-state index in [0.29, 0.717) is 27.8 Å². The quantitative estimate of drug-likeness (QED) is 0.659. The minimum absolute atomic E-state index is 0.147. The van der Waals surface area contributed by atoms with Gasteiger partial charge in [0.2, 0.25) is 12.7 Å². The molecule has 0 bridgehead atoms. The van der Waals surface area contributed by atoms with Gasteiger partial charge in [0, 0.05) is 17.1 Å². The second kappa shape index (κ2) is 7.79. The molecule has 0 fully saturated rings. The molecule has 2 aromatic carbocycles. The summed E-state index contributed by atoms with van der Waals surface area (Å²) >= 11 is 1.25. The zero-order chi connectivity index (χ0) is 19.5. The highest BCUT2D eigenvalue weighted by molar-refractivity contribution is 8.00. The number of hydrogen-bond acceptors (Lipinski definition) is 6. The van der Waals surface area contributed by atoms with Crippen molar-refractivity contribution in [1.29, 1.82) is 5.26 Å². The number of hydrogen-bond donors (Lipinski definition) is 1. The van der Waals surface area contributed by atoms with Gasteiger partial charge in [-0.25, -0.2) is 4.98 Å². The van der Waals surface area contributed by atoms with Gasteiger partial charge in [0.25, 0.3) is 0 Å². The van der Waals surface area contributed by atoms with Gasteiger partial charge in [-0.05, 0) is 42.3 Å². The largest absolute Gasteiger partial charge is 0.454 e. The number of aromatic nitrogens is 1. The van der Waals surface area contributed by atoms with E-state index in [9.17, 15) is 10.1 Å². The average molecular weight is 391 g/mol. The molecule has 1 aromatic heterocycles. The van der Waals surface area contributed by atoms with Gasteiger partial charge in [-0.1, -0.05) is 24.8 Å². The summed E-state index contributed by atoms with van der Waals surface area (Å²) in [4.78, 5) is 16.9. The molecule has 1 amide bonds. The molecule has 1 N–H and O–H groups in total. The number of ether oxygens (including phenoxy) is 2. The van der Waals surface area contributed by atoms with E-state index in [-0.39, 0.29) is 18.5 Å². The van der Waals surface area contributed by atoms with Crippen LogP contribution in [0.4, 0.5) is 5.69 Å². The molecule has 6 nitrogen and oxygen atoms in total. The van der Waals surface area contributed by atoms with Crippen LogP contribution in [0, 0.1) is 11.3 Å². The number of nitrogens with zero attached hydrogens (tertiary/aromatic N) is 2. The lowest BCUT2D eigenvalue weighted by atomic mass is 10.1. The average Bonchev–Trinajstić information content (AvgIpc) is 3.19. The number of carbonyl (C=O) groups excluding carboxylic acids is 1. The molecule has 0 radical (unpaired) electrons. The third-order valence-electron chi connectivity index (χ3n) is 4.37. The van der Waals surface area contributed by atoms with Crippen molar-refractivity contribution in [3.05, 3.63) is 53.6 Å². The Morgan fingerprint density at radius 3 is 2.89 bits per heavy atom. The highest BCUT2D eigenvalue weighted by Gasteiger charge is 2.15. The van der Waals surface area contributed by atoms with Gasteiger partial charge in [-0.3, -0.25) is 4.79 Å². The van der Waals surface area contributed by atoms with Crippen LogP contribution in [-0.2, 0) is 11.2 Å². The number of carbonyl (C=O) groups is 1. The minimum Gasteiger partial charge on any atom is -0.454 e. The van der Waals surface area contributed by atoms with E-state index in [1.165, 1.54) is 17.3 Å². The summed E-state index contributed by atoms with van der Waals surface area (Å²) in [5.41, 5.74) is 3.12. The molecule has 3 aromatic rings. The molecule has 7 heteroatoms. The van der Waals surface area contributed by atoms with Gasteiger partial charge in [0.05, 0.1) is 16.8 Å². The topological polar surface area (TPSA) is 84.2 Å². The molecule has 28 heavy (non-hydrogen) atoms. The van der Waals surface area contributed by atoms with Crippen LogP contribution < -0.4 is 14.8 Å². The Hall–Kier alpha value is -3.24. The van der Waals surface area contributed by atoms with E-state index in [1.54, 1.807) is 18.2 Å². The summed E-state index contributed by atoms with van der Waals surface area (Å²) < 4.78 is 10.6.